The van der Waals surface area contributed by atoms with Gasteiger partial charge in [-0.25, -0.2) is 13.8 Å². The van der Waals surface area contributed by atoms with Gasteiger partial charge in [-0.2, -0.15) is 0 Å². The Kier molecular flexibility index (Phi) is 13.2. The number of ether oxygens (including phenoxy) is 3. The van der Waals surface area contributed by atoms with Gasteiger partial charge in [0.25, 0.3) is 0 Å². The maximum absolute atomic E-state index is 14.6. The number of carbonyl (C=O) groups is 1. The molecule has 0 spiro atoms. The number of amides is 1. The first kappa shape index (κ1) is 33.1. The van der Waals surface area contributed by atoms with Crippen molar-refractivity contribution >= 4 is 18.6 Å². The van der Waals surface area contributed by atoms with E-state index in [4.69, 9.17) is 25.4 Å². The molecule has 2 heterocycles. The third kappa shape index (κ3) is 9.11. The van der Waals surface area contributed by atoms with Gasteiger partial charge < -0.3 is 29.8 Å². The van der Waals surface area contributed by atoms with Crippen LogP contribution in [0, 0.1) is 28.9 Å². The van der Waals surface area contributed by atoms with E-state index in [1.165, 1.54) is 14.2 Å². The summed E-state index contributed by atoms with van der Waals surface area (Å²) in [6.07, 6.45) is 2.31. The number of methoxy groups -OCH3 is 3. The van der Waals surface area contributed by atoms with Crippen molar-refractivity contribution in [2.45, 2.75) is 52.6 Å². The Bertz CT molecular complexity index is 1180. The molecule has 1 fully saturated rings. The molecule has 2 aromatic rings. The molecule has 1 aliphatic heterocycles. The number of nitrogens with one attached hydrogen (secondary N) is 2. The van der Waals surface area contributed by atoms with Crippen molar-refractivity contribution in [3.63, 3.8) is 0 Å². The average molecular weight is 548 g/mol. The molecule has 1 amide bonds. The Morgan fingerprint density at radius 1 is 1.15 bits per heavy atom. The van der Waals surface area contributed by atoms with E-state index in [0.29, 0.717) is 24.3 Å². The molecule has 9 nitrogen and oxygen atoms in total. The fraction of sp³-hybridized carbons (Fsp3) is 0.464. The minimum Gasteiger partial charge on any atom is -0.493 e. The number of carbonyl (C=O) groups excluding carboxylic acids is 1. The molecule has 1 saturated heterocycles. The summed E-state index contributed by atoms with van der Waals surface area (Å²) in [7, 11) is 4.21. The van der Waals surface area contributed by atoms with Crippen molar-refractivity contribution in [2.75, 3.05) is 34.4 Å². The molecule has 0 saturated carbocycles. The molecule has 1 atom stereocenters. The third-order valence-electron chi connectivity index (χ3n) is 5.62. The molecular weight excluding hydrogens is 508 g/mol. The largest absolute Gasteiger partial charge is 0.493 e. The number of halogens is 2. The number of amidine groups is 1. The van der Waals surface area contributed by atoms with Crippen LogP contribution in [0.5, 0.6) is 11.5 Å². The second-order valence-electron chi connectivity index (χ2n) is 9.09. The number of hydrogen-bond donors (Lipinski definition) is 3. The highest BCUT2D eigenvalue weighted by Crippen LogP contribution is 2.31. The second kappa shape index (κ2) is 15.5. The van der Waals surface area contributed by atoms with Crippen LogP contribution >= 0.6 is 0 Å². The van der Waals surface area contributed by atoms with E-state index >= 15 is 0 Å². The fourth-order valence-corrected chi connectivity index (χ4v) is 3.39. The van der Waals surface area contributed by atoms with E-state index in [0.717, 1.165) is 30.9 Å². The molecule has 1 aromatic carbocycles. The van der Waals surface area contributed by atoms with Gasteiger partial charge in [0.2, 0.25) is 6.41 Å². The molecule has 39 heavy (non-hydrogen) atoms. The van der Waals surface area contributed by atoms with Gasteiger partial charge in [0.1, 0.15) is 17.7 Å². The quantitative estimate of drug-likeness (QED) is 0.214. The molecule has 1 unspecified atom stereocenters. The van der Waals surface area contributed by atoms with Crippen LogP contribution in [-0.2, 0) is 9.53 Å². The van der Waals surface area contributed by atoms with E-state index in [-0.39, 0.29) is 28.9 Å². The maximum Gasteiger partial charge on any atom is 0.209 e. The lowest BCUT2D eigenvalue weighted by atomic mass is 10.0. The smallest absolute Gasteiger partial charge is 0.209 e. The van der Waals surface area contributed by atoms with Crippen molar-refractivity contribution in [1.29, 1.82) is 5.41 Å². The standard InChI is InChI=1S/C21H21F2N5O3.C5H12O.C2H6/c1-30-16-8-17(31-2)19(23)14(18(16)22)4-3-12-7-15(13-5-6-28(9-13)11-29)27-20(12)21(25)26-10-24;1-5(2,3)6-4;1-2/h7-8,10-11,13,27H,5-6,9H2,1-2H3,(H3,24,25,26);1-4H3;1-2H3. The predicted molar refractivity (Wildman–Crippen MR) is 149 cm³/mol. The number of benzene rings is 1. The van der Waals surface area contributed by atoms with Crippen molar-refractivity contribution in [2.24, 2.45) is 10.7 Å². The Labute approximate surface area is 229 Å². The van der Waals surface area contributed by atoms with Gasteiger partial charge in [-0.3, -0.25) is 10.2 Å². The molecule has 1 aromatic heterocycles. The van der Waals surface area contributed by atoms with E-state index in [1.54, 1.807) is 18.1 Å². The number of aromatic amines is 1. The van der Waals surface area contributed by atoms with E-state index in [1.807, 2.05) is 34.6 Å². The van der Waals surface area contributed by atoms with Gasteiger partial charge >= 0.3 is 0 Å². The van der Waals surface area contributed by atoms with Crippen LogP contribution in [0.3, 0.4) is 0 Å². The van der Waals surface area contributed by atoms with Gasteiger partial charge in [0.05, 0.1) is 31.1 Å². The van der Waals surface area contributed by atoms with E-state index in [2.05, 4.69) is 21.8 Å². The zero-order valence-corrected chi connectivity index (χ0v) is 23.9. The maximum atomic E-state index is 14.6. The number of aliphatic imine (C=N–C) groups is 1. The molecule has 0 aliphatic carbocycles. The van der Waals surface area contributed by atoms with Gasteiger partial charge in [-0.1, -0.05) is 25.7 Å². The van der Waals surface area contributed by atoms with Crippen molar-refractivity contribution in [3.05, 3.63) is 46.3 Å². The molecule has 11 heteroatoms. The number of hydrogen-bond acceptors (Lipinski definition) is 5. The van der Waals surface area contributed by atoms with Crippen LogP contribution in [-0.4, -0.2) is 68.5 Å². The van der Waals surface area contributed by atoms with Gasteiger partial charge in [0.15, 0.2) is 23.1 Å². The minimum absolute atomic E-state index is 0.0000397. The Morgan fingerprint density at radius 3 is 2.15 bits per heavy atom. The van der Waals surface area contributed by atoms with Crippen LogP contribution in [0.4, 0.5) is 8.78 Å². The highest BCUT2D eigenvalue weighted by Gasteiger charge is 2.26. The molecule has 0 bridgehead atoms. The third-order valence-corrected chi connectivity index (χ3v) is 5.62. The summed E-state index contributed by atoms with van der Waals surface area (Å²) in [6, 6.07) is 2.81. The van der Waals surface area contributed by atoms with Crippen LogP contribution in [0.15, 0.2) is 17.1 Å². The van der Waals surface area contributed by atoms with E-state index < -0.39 is 17.2 Å². The summed E-state index contributed by atoms with van der Waals surface area (Å²) in [5.41, 5.74) is 6.90. The molecule has 1 aliphatic rings. The molecule has 0 radical (unpaired) electrons. The van der Waals surface area contributed by atoms with Gasteiger partial charge in [0, 0.05) is 37.9 Å². The number of likely N-dealkylation sites (tertiary alicyclic amines) is 1. The van der Waals surface area contributed by atoms with Crippen molar-refractivity contribution in [1.82, 2.24) is 9.88 Å². The van der Waals surface area contributed by atoms with E-state index in [9.17, 15) is 13.6 Å². The van der Waals surface area contributed by atoms with Crippen LogP contribution in [0.1, 0.15) is 69.5 Å². The van der Waals surface area contributed by atoms with Crippen molar-refractivity contribution < 1.29 is 27.8 Å². The molecule has 4 N–H and O–H groups in total. The average Bonchev–Trinajstić information content (AvgIpc) is 3.57. The summed E-state index contributed by atoms with van der Waals surface area (Å²) in [4.78, 5) is 19.5. The zero-order valence-electron chi connectivity index (χ0n) is 23.9. The van der Waals surface area contributed by atoms with Crippen molar-refractivity contribution in [3.8, 4) is 23.3 Å². The first-order chi connectivity index (χ1) is 18.5. The van der Waals surface area contributed by atoms with Gasteiger partial charge in [-0.15, -0.1) is 0 Å². The first-order valence-electron chi connectivity index (χ1n) is 12.4. The van der Waals surface area contributed by atoms with Crippen LogP contribution in [0.2, 0.25) is 0 Å². The highest BCUT2D eigenvalue weighted by molar-refractivity contribution is 6.01. The topological polar surface area (TPSA) is 126 Å². The normalized spacial score (nSPS) is 14.7. The summed E-state index contributed by atoms with van der Waals surface area (Å²) in [6.45, 7) is 11.2. The highest BCUT2D eigenvalue weighted by atomic mass is 19.1. The number of nitrogens with two attached hydrogens (primary N) is 1. The summed E-state index contributed by atoms with van der Waals surface area (Å²) in [5.74, 6) is 2.93. The Balaban J connectivity index is 0.000000839. The lowest BCUT2D eigenvalue weighted by molar-refractivity contribution is -0.117. The fourth-order valence-electron chi connectivity index (χ4n) is 3.39. The summed E-state index contributed by atoms with van der Waals surface area (Å²) < 4.78 is 44.0. The summed E-state index contributed by atoms with van der Waals surface area (Å²) in [5, 5.41) is 7.15. The number of nitrogens with zero attached hydrogens (tertiary/aromatic N) is 2. The monoisotopic (exact) mass is 547 g/mol. The lowest BCUT2D eigenvalue weighted by Crippen LogP contribution is -2.18. The number of H-pyrrole nitrogens is 1. The minimum atomic E-state index is -0.954. The predicted octanol–water partition coefficient (Wildman–Crippen LogP) is 4.43. The molecule has 214 valence electrons. The molecular formula is C28H39F2N5O4. The Hall–Kier alpha value is -3.91. The first-order valence-corrected chi connectivity index (χ1v) is 12.4. The lowest BCUT2D eigenvalue weighted by Gasteiger charge is -2.14. The zero-order chi connectivity index (χ0) is 29.8. The number of aromatic nitrogens is 1. The summed E-state index contributed by atoms with van der Waals surface area (Å²) >= 11 is 0. The van der Waals surface area contributed by atoms with Crippen LogP contribution in [0.25, 0.3) is 0 Å². The Morgan fingerprint density at radius 2 is 1.72 bits per heavy atom. The SMILES string of the molecule is CC.COC(C)(C)C.COc1cc(OC)c(F)c(C#Cc2cc(C3CCN(C=O)C3)[nH]c2C(N)=NC=N)c1F. The van der Waals surface area contributed by atoms with Crippen LogP contribution < -0.4 is 15.2 Å². The second-order valence-corrected chi connectivity index (χ2v) is 9.09. The molecule has 3 rings (SSSR count). The van der Waals surface area contributed by atoms with Gasteiger partial charge in [-0.05, 0) is 33.3 Å². The number of rotatable bonds is 6.